The number of aryl methyl sites for hydroxylation is 2. The first kappa shape index (κ1) is 13.2. The zero-order valence-corrected chi connectivity index (χ0v) is 11.2. The third-order valence-corrected chi connectivity index (χ3v) is 2.56. The topological polar surface area (TPSA) is 57.4 Å². The van der Waals surface area contributed by atoms with E-state index in [0.29, 0.717) is 19.1 Å². The Kier molecular flexibility index (Phi) is 4.23. The second-order valence-corrected chi connectivity index (χ2v) is 4.39. The van der Waals surface area contributed by atoms with Gasteiger partial charge in [0.1, 0.15) is 19.0 Å². The van der Waals surface area contributed by atoms with Crippen LogP contribution in [0.3, 0.4) is 0 Å². The molecule has 1 aromatic carbocycles. The van der Waals surface area contributed by atoms with Gasteiger partial charge in [-0.15, -0.1) is 0 Å². The number of rotatable bonds is 5. The van der Waals surface area contributed by atoms with Gasteiger partial charge in [0, 0.05) is 17.4 Å². The highest BCUT2D eigenvalue weighted by Gasteiger charge is 1.99. The lowest BCUT2D eigenvalue weighted by Gasteiger charge is -2.09. The molecule has 4 heteroatoms. The predicted molar refractivity (Wildman–Crippen MR) is 75.6 cm³/mol. The lowest BCUT2D eigenvalue weighted by atomic mass is 10.2. The smallest absolute Gasteiger partial charge is 0.213 e. The summed E-state index contributed by atoms with van der Waals surface area (Å²) in [6.45, 7) is 4.90. The summed E-state index contributed by atoms with van der Waals surface area (Å²) in [4.78, 5) is 4.30. The van der Waals surface area contributed by atoms with Gasteiger partial charge in [-0.2, -0.15) is 0 Å². The molecule has 1 aromatic heterocycles. The Hall–Kier alpha value is -2.23. The van der Waals surface area contributed by atoms with Gasteiger partial charge in [0.2, 0.25) is 5.88 Å². The number of ether oxygens (including phenoxy) is 2. The Balaban J connectivity index is 1.79. The molecule has 0 amide bonds. The van der Waals surface area contributed by atoms with Gasteiger partial charge in [0.05, 0.1) is 0 Å². The largest absolute Gasteiger partial charge is 0.490 e. The minimum Gasteiger partial charge on any atom is -0.490 e. The first-order chi connectivity index (χ1) is 9.13. The summed E-state index contributed by atoms with van der Waals surface area (Å²) in [6.07, 6.45) is 0. The highest BCUT2D eigenvalue weighted by molar-refractivity contribution is 5.41. The monoisotopic (exact) mass is 258 g/mol. The molecule has 0 radical (unpaired) electrons. The molecule has 0 fully saturated rings. The van der Waals surface area contributed by atoms with Crippen LogP contribution in [-0.4, -0.2) is 18.2 Å². The molecule has 2 aromatic rings. The predicted octanol–water partition coefficient (Wildman–Crippen LogP) is 2.74. The second kappa shape index (κ2) is 6.09. The highest BCUT2D eigenvalue weighted by atomic mass is 16.5. The summed E-state index contributed by atoms with van der Waals surface area (Å²) in [5.41, 5.74) is 8.42. The van der Waals surface area contributed by atoms with Crippen molar-refractivity contribution >= 4 is 5.69 Å². The maximum Gasteiger partial charge on any atom is 0.213 e. The van der Waals surface area contributed by atoms with Gasteiger partial charge in [0.25, 0.3) is 0 Å². The van der Waals surface area contributed by atoms with Crippen LogP contribution < -0.4 is 15.2 Å². The molecule has 0 atom stereocenters. The average Bonchev–Trinajstić information content (AvgIpc) is 2.36. The molecular formula is C15H18N2O2. The van der Waals surface area contributed by atoms with Crippen molar-refractivity contribution in [2.24, 2.45) is 0 Å². The Morgan fingerprint density at radius 3 is 2.37 bits per heavy atom. The fourth-order valence-corrected chi connectivity index (χ4v) is 1.75. The van der Waals surface area contributed by atoms with Gasteiger partial charge in [0.15, 0.2) is 0 Å². The number of hydrogen-bond acceptors (Lipinski definition) is 4. The third kappa shape index (κ3) is 4.17. The van der Waals surface area contributed by atoms with Gasteiger partial charge < -0.3 is 15.2 Å². The fraction of sp³-hybridized carbons (Fsp3) is 0.267. The van der Waals surface area contributed by atoms with E-state index in [0.717, 1.165) is 22.7 Å². The first-order valence-electron chi connectivity index (χ1n) is 6.20. The van der Waals surface area contributed by atoms with E-state index in [9.17, 15) is 0 Å². The van der Waals surface area contributed by atoms with E-state index in [4.69, 9.17) is 15.2 Å². The summed E-state index contributed by atoms with van der Waals surface area (Å²) in [5.74, 6) is 1.42. The third-order valence-electron chi connectivity index (χ3n) is 2.56. The molecule has 0 saturated heterocycles. The molecule has 2 rings (SSSR count). The van der Waals surface area contributed by atoms with Crippen molar-refractivity contribution in [1.29, 1.82) is 0 Å². The second-order valence-electron chi connectivity index (χ2n) is 4.39. The number of nitrogens with zero attached hydrogens (tertiary/aromatic N) is 1. The number of benzene rings is 1. The Morgan fingerprint density at radius 1 is 1.00 bits per heavy atom. The van der Waals surface area contributed by atoms with Crippen LogP contribution in [0.2, 0.25) is 0 Å². The lowest BCUT2D eigenvalue weighted by Crippen LogP contribution is -2.10. The van der Waals surface area contributed by atoms with Crippen molar-refractivity contribution < 1.29 is 9.47 Å². The van der Waals surface area contributed by atoms with Crippen LogP contribution in [-0.2, 0) is 0 Å². The number of aromatic nitrogens is 1. The van der Waals surface area contributed by atoms with Crippen LogP contribution in [0.15, 0.2) is 36.4 Å². The zero-order chi connectivity index (χ0) is 13.7. The Bertz CT molecular complexity index is 518. The van der Waals surface area contributed by atoms with Crippen molar-refractivity contribution in [2.45, 2.75) is 13.8 Å². The van der Waals surface area contributed by atoms with Crippen molar-refractivity contribution in [1.82, 2.24) is 4.98 Å². The average molecular weight is 258 g/mol. The quantitative estimate of drug-likeness (QED) is 0.661. The molecule has 19 heavy (non-hydrogen) atoms. The van der Waals surface area contributed by atoms with Gasteiger partial charge in [-0.1, -0.05) is 0 Å². The molecule has 0 aliphatic heterocycles. The van der Waals surface area contributed by atoms with Crippen LogP contribution >= 0.6 is 0 Å². The number of pyridine rings is 1. The van der Waals surface area contributed by atoms with E-state index in [1.807, 2.05) is 50.2 Å². The van der Waals surface area contributed by atoms with Gasteiger partial charge >= 0.3 is 0 Å². The van der Waals surface area contributed by atoms with Crippen LogP contribution in [0.4, 0.5) is 5.69 Å². The van der Waals surface area contributed by atoms with Crippen LogP contribution in [0, 0.1) is 13.8 Å². The van der Waals surface area contributed by atoms with E-state index < -0.39 is 0 Å². The Labute approximate surface area is 113 Å². The SMILES string of the molecule is Cc1cc(C)nc(OCCOc2ccc(N)cc2)c1. The van der Waals surface area contributed by atoms with Gasteiger partial charge in [-0.05, 0) is 49.7 Å². The minimum atomic E-state index is 0.459. The zero-order valence-electron chi connectivity index (χ0n) is 11.2. The molecular weight excluding hydrogens is 240 g/mol. The lowest BCUT2D eigenvalue weighted by molar-refractivity contribution is 0.211. The minimum absolute atomic E-state index is 0.459. The molecule has 0 saturated carbocycles. The van der Waals surface area contributed by atoms with E-state index in [1.54, 1.807) is 0 Å². The van der Waals surface area contributed by atoms with E-state index in [2.05, 4.69) is 4.98 Å². The molecule has 0 spiro atoms. The van der Waals surface area contributed by atoms with E-state index in [1.165, 1.54) is 0 Å². The molecule has 100 valence electrons. The maximum absolute atomic E-state index is 5.60. The van der Waals surface area contributed by atoms with Gasteiger partial charge in [-0.25, -0.2) is 4.98 Å². The molecule has 0 aliphatic carbocycles. The number of nitrogens with two attached hydrogens (primary N) is 1. The fourth-order valence-electron chi connectivity index (χ4n) is 1.75. The summed E-state index contributed by atoms with van der Waals surface area (Å²) in [7, 11) is 0. The van der Waals surface area contributed by atoms with Crippen molar-refractivity contribution in [2.75, 3.05) is 18.9 Å². The summed E-state index contributed by atoms with van der Waals surface area (Å²) in [6, 6.07) is 11.2. The van der Waals surface area contributed by atoms with Crippen molar-refractivity contribution in [3.63, 3.8) is 0 Å². The molecule has 4 nitrogen and oxygen atoms in total. The number of hydrogen-bond donors (Lipinski definition) is 1. The summed E-state index contributed by atoms with van der Waals surface area (Å²) < 4.78 is 11.1. The molecule has 0 bridgehead atoms. The molecule has 0 unspecified atom stereocenters. The molecule has 0 aliphatic rings. The van der Waals surface area contributed by atoms with Crippen LogP contribution in [0.5, 0.6) is 11.6 Å². The first-order valence-corrected chi connectivity index (χ1v) is 6.20. The summed E-state index contributed by atoms with van der Waals surface area (Å²) in [5, 5.41) is 0. The van der Waals surface area contributed by atoms with Crippen LogP contribution in [0.25, 0.3) is 0 Å². The molecule has 2 N–H and O–H groups in total. The normalized spacial score (nSPS) is 10.2. The number of nitrogen functional groups attached to an aromatic ring is 1. The van der Waals surface area contributed by atoms with E-state index >= 15 is 0 Å². The van der Waals surface area contributed by atoms with Crippen molar-refractivity contribution in [3.05, 3.63) is 47.7 Å². The number of anilines is 1. The summed E-state index contributed by atoms with van der Waals surface area (Å²) >= 11 is 0. The Morgan fingerprint density at radius 2 is 1.68 bits per heavy atom. The van der Waals surface area contributed by atoms with Crippen LogP contribution in [0.1, 0.15) is 11.3 Å². The van der Waals surface area contributed by atoms with Crippen molar-refractivity contribution in [3.8, 4) is 11.6 Å². The molecule has 1 heterocycles. The standard InChI is InChI=1S/C15H18N2O2/c1-11-9-12(2)17-15(10-11)19-8-7-18-14-5-3-13(16)4-6-14/h3-6,9-10H,7-8,16H2,1-2H3. The van der Waals surface area contributed by atoms with E-state index in [-0.39, 0.29) is 0 Å². The maximum atomic E-state index is 5.60. The van der Waals surface area contributed by atoms with Gasteiger partial charge in [-0.3, -0.25) is 0 Å². The highest BCUT2D eigenvalue weighted by Crippen LogP contribution is 2.14.